The van der Waals surface area contributed by atoms with E-state index in [2.05, 4.69) is 35.8 Å². The van der Waals surface area contributed by atoms with Crippen molar-refractivity contribution in [1.29, 1.82) is 0 Å². The number of benzene rings is 2. The number of thioether (sulfide) groups is 2. The fourth-order valence-corrected chi connectivity index (χ4v) is 4.88. The van der Waals surface area contributed by atoms with Gasteiger partial charge in [0.15, 0.2) is 0 Å². The van der Waals surface area contributed by atoms with Crippen LogP contribution in [0.25, 0.3) is 0 Å². The van der Waals surface area contributed by atoms with Crippen molar-refractivity contribution < 1.29 is 14.3 Å². The highest BCUT2D eigenvalue weighted by molar-refractivity contribution is 7.99. The third-order valence-electron chi connectivity index (χ3n) is 4.56. The Bertz CT molecular complexity index is 842. The van der Waals surface area contributed by atoms with Crippen LogP contribution in [0.3, 0.4) is 0 Å². The highest BCUT2D eigenvalue weighted by Gasteiger charge is 2.29. The molecule has 1 atom stereocenters. The molecule has 1 heterocycles. The number of nitrogens with one attached hydrogen (secondary N) is 1. The number of rotatable bonds is 8. The van der Waals surface area contributed by atoms with Crippen LogP contribution in [0.2, 0.25) is 0 Å². The molecule has 5 nitrogen and oxygen atoms in total. The topological polar surface area (TPSA) is 58.6 Å². The predicted octanol–water partition coefficient (Wildman–Crippen LogP) is 4.80. The molecule has 1 saturated heterocycles. The predicted molar refractivity (Wildman–Crippen MR) is 121 cm³/mol. The van der Waals surface area contributed by atoms with Gasteiger partial charge in [0, 0.05) is 42.3 Å². The van der Waals surface area contributed by atoms with E-state index in [1.54, 1.807) is 17.8 Å². The molecule has 2 aromatic rings. The van der Waals surface area contributed by atoms with Crippen LogP contribution in [-0.2, 0) is 9.59 Å². The van der Waals surface area contributed by atoms with Gasteiger partial charge in [0.2, 0.25) is 11.8 Å². The minimum Gasteiger partial charge on any atom is -0.493 e. The van der Waals surface area contributed by atoms with E-state index >= 15 is 0 Å². The van der Waals surface area contributed by atoms with Gasteiger partial charge < -0.3 is 15.0 Å². The average molecular weight is 431 g/mol. The number of hydrogen-bond donors (Lipinski definition) is 1. The Morgan fingerprint density at radius 2 is 2.07 bits per heavy atom. The molecule has 29 heavy (non-hydrogen) atoms. The Hall–Kier alpha value is -2.12. The zero-order valence-electron chi connectivity index (χ0n) is 16.7. The molecule has 1 fully saturated rings. The van der Waals surface area contributed by atoms with E-state index < -0.39 is 0 Å². The van der Waals surface area contributed by atoms with Gasteiger partial charge in [0.25, 0.3) is 0 Å². The molecule has 0 saturated carbocycles. The molecule has 2 aromatic carbocycles. The molecular weight excluding hydrogens is 404 g/mol. The second-order valence-electron chi connectivity index (χ2n) is 6.74. The minimum absolute atomic E-state index is 0.0650. The van der Waals surface area contributed by atoms with Gasteiger partial charge in [-0.25, -0.2) is 0 Å². The summed E-state index contributed by atoms with van der Waals surface area (Å²) >= 11 is 3.54. The minimum atomic E-state index is -0.111. The van der Waals surface area contributed by atoms with Gasteiger partial charge in [0.05, 0.1) is 6.61 Å². The van der Waals surface area contributed by atoms with Crippen molar-refractivity contribution in [3.05, 3.63) is 54.1 Å². The lowest BCUT2D eigenvalue weighted by molar-refractivity contribution is -0.132. The molecule has 0 aromatic heterocycles. The SMILES string of the molecule is CSc1ccc(C2SCCC(=O)N2CCCOc2cccc(NC(C)=O)c2)cc1. The van der Waals surface area contributed by atoms with E-state index in [4.69, 9.17) is 4.74 Å². The summed E-state index contributed by atoms with van der Waals surface area (Å²) in [6, 6.07) is 15.8. The first-order valence-corrected chi connectivity index (χ1v) is 11.9. The standard InChI is InChI=1S/C22H26N2O3S2/c1-16(25)23-18-5-3-6-19(15-18)27-13-4-12-24-21(26)11-14-29-22(24)17-7-9-20(28-2)10-8-17/h3,5-10,15,22H,4,11-14H2,1-2H3,(H,23,25). The number of ether oxygens (including phenoxy) is 1. The monoisotopic (exact) mass is 430 g/mol. The Labute approximate surface area is 180 Å². The first kappa shape index (κ1) is 21.6. The zero-order chi connectivity index (χ0) is 20.6. The Morgan fingerprint density at radius 1 is 1.28 bits per heavy atom. The van der Waals surface area contributed by atoms with E-state index in [-0.39, 0.29) is 17.2 Å². The van der Waals surface area contributed by atoms with Crippen molar-refractivity contribution in [3.8, 4) is 5.75 Å². The van der Waals surface area contributed by atoms with Crippen molar-refractivity contribution in [1.82, 2.24) is 4.90 Å². The number of carbonyl (C=O) groups is 2. The molecule has 7 heteroatoms. The van der Waals surface area contributed by atoms with Crippen LogP contribution in [0.15, 0.2) is 53.4 Å². The van der Waals surface area contributed by atoms with Crippen LogP contribution >= 0.6 is 23.5 Å². The van der Waals surface area contributed by atoms with Gasteiger partial charge in [-0.2, -0.15) is 0 Å². The Morgan fingerprint density at radius 3 is 2.79 bits per heavy atom. The molecule has 1 N–H and O–H groups in total. The molecule has 0 bridgehead atoms. The quantitative estimate of drug-likeness (QED) is 0.482. The van der Waals surface area contributed by atoms with E-state index in [0.29, 0.717) is 31.0 Å². The highest BCUT2D eigenvalue weighted by Crippen LogP contribution is 2.37. The van der Waals surface area contributed by atoms with E-state index in [0.717, 1.165) is 12.2 Å². The summed E-state index contributed by atoms with van der Waals surface area (Å²) in [5.74, 6) is 1.66. The van der Waals surface area contributed by atoms with Crippen molar-refractivity contribution in [2.24, 2.45) is 0 Å². The molecule has 0 aliphatic carbocycles. The second kappa shape index (κ2) is 10.6. The average Bonchev–Trinajstić information content (AvgIpc) is 2.72. The van der Waals surface area contributed by atoms with Gasteiger partial charge >= 0.3 is 0 Å². The van der Waals surface area contributed by atoms with Crippen molar-refractivity contribution >= 4 is 41.0 Å². The second-order valence-corrected chi connectivity index (χ2v) is 8.81. The Balaban J connectivity index is 1.56. The summed E-state index contributed by atoms with van der Waals surface area (Å²) in [5.41, 5.74) is 1.89. The van der Waals surface area contributed by atoms with Crippen molar-refractivity contribution in [2.45, 2.75) is 30.0 Å². The van der Waals surface area contributed by atoms with Crippen LogP contribution in [0, 0.1) is 0 Å². The number of hydrogen-bond acceptors (Lipinski definition) is 5. The maximum Gasteiger partial charge on any atom is 0.224 e. The number of carbonyl (C=O) groups excluding carboxylic acids is 2. The maximum absolute atomic E-state index is 12.5. The lowest BCUT2D eigenvalue weighted by Crippen LogP contribution is -2.38. The lowest BCUT2D eigenvalue weighted by Gasteiger charge is -2.35. The molecular formula is C22H26N2O3S2. The molecule has 1 aliphatic heterocycles. The van der Waals surface area contributed by atoms with Crippen LogP contribution in [0.1, 0.15) is 30.7 Å². The first-order valence-electron chi connectivity index (χ1n) is 9.62. The Kier molecular flexibility index (Phi) is 7.89. The van der Waals surface area contributed by atoms with E-state index in [9.17, 15) is 9.59 Å². The number of anilines is 1. The molecule has 0 radical (unpaired) electrons. The van der Waals surface area contributed by atoms with Crippen molar-refractivity contribution in [3.63, 3.8) is 0 Å². The molecule has 1 aliphatic rings. The van der Waals surface area contributed by atoms with Gasteiger partial charge in [-0.15, -0.1) is 23.5 Å². The molecule has 3 rings (SSSR count). The molecule has 1 unspecified atom stereocenters. The fraction of sp³-hybridized carbons (Fsp3) is 0.364. The van der Waals surface area contributed by atoms with E-state index in [1.165, 1.54) is 17.4 Å². The summed E-state index contributed by atoms with van der Waals surface area (Å²) in [7, 11) is 0. The van der Waals surface area contributed by atoms with Crippen LogP contribution in [-0.4, -0.2) is 41.9 Å². The summed E-state index contributed by atoms with van der Waals surface area (Å²) in [5, 5.41) is 2.81. The summed E-state index contributed by atoms with van der Waals surface area (Å²) in [6.07, 6.45) is 3.39. The van der Waals surface area contributed by atoms with Crippen LogP contribution < -0.4 is 10.1 Å². The summed E-state index contributed by atoms with van der Waals surface area (Å²) in [4.78, 5) is 26.9. The van der Waals surface area contributed by atoms with E-state index in [1.807, 2.05) is 34.9 Å². The first-order chi connectivity index (χ1) is 14.1. The zero-order valence-corrected chi connectivity index (χ0v) is 18.4. The number of amides is 2. The number of nitrogens with zero attached hydrogens (tertiary/aromatic N) is 1. The van der Waals surface area contributed by atoms with Crippen LogP contribution in [0.4, 0.5) is 5.69 Å². The fourth-order valence-electron chi connectivity index (χ4n) is 3.20. The largest absolute Gasteiger partial charge is 0.493 e. The summed E-state index contributed by atoms with van der Waals surface area (Å²) < 4.78 is 5.83. The third-order valence-corrected chi connectivity index (χ3v) is 6.59. The lowest BCUT2D eigenvalue weighted by atomic mass is 10.2. The summed E-state index contributed by atoms with van der Waals surface area (Å²) in [6.45, 7) is 2.65. The van der Waals surface area contributed by atoms with Crippen LogP contribution in [0.5, 0.6) is 5.75 Å². The van der Waals surface area contributed by atoms with Crippen molar-refractivity contribution in [2.75, 3.05) is 30.5 Å². The molecule has 0 spiro atoms. The van der Waals surface area contributed by atoms with Gasteiger partial charge in [-0.3, -0.25) is 9.59 Å². The maximum atomic E-state index is 12.5. The highest BCUT2D eigenvalue weighted by atomic mass is 32.2. The third kappa shape index (κ3) is 6.18. The molecule has 154 valence electrons. The van der Waals surface area contributed by atoms with Gasteiger partial charge in [0.1, 0.15) is 11.1 Å². The van der Waals surface area contributed by atoms with Gasteiger partial charge in [-0.1, -0.05) is 18.2 Å². The van der Waals surface area contributed by atoms with Gasteiger partial charge in [-0.05, 0) is 42.5 Å². The smallest absolute Gasteiger partial charge is 0.224 e. The molecule has 2 amide bonds. The normalized spacial score (nSPS) is 16.6.